The average molecular weight is 263 g/mol. The Balaban J connectivity index is 2.50. The molecule has 1 aromatic carbocycles. The number of carboxylic acids is 1. The molecule has 0 amide bonds. The summed E-state index contributed by atoms with van der Waals surface area (Å²) in [4.78, 5) is 15.2. The second-order valence-electron chi connectivity index (χ2n) is 3.72. The average Bonchev–Trinajstić information content (AvgIpc) is 2.87. The molecular weight excluding hydrogens is 250 g/mol. The van der Waals surface area contributed by atoms with Crippen molar-refractivity contribution in [3.05, 3.63) is 34.8 Å². The number of hydrogen-bond acceptors (Lipinski definition) is 4. The van der Waals surface area contributed by atoms with E-state index in [9.17, 15) is 4.79 Å². The van der Waals surface area contributed by atoms with Crippen LogP contribution in [0.3, 0.4) is 0 Å². The molecule has 18 heavy (non-hydrogen) atoms. The Morgan fingerprint density at radius 3 is 2.83 bits per heavy atom. The Labute approximate surface area is 109 Å². The quantitative estimate of drug-likeness (QED) is 0.920. The van der Waals surface area contributed by atoms with E-state index in [0.29, 0.717) is 10.8 Å². The molecule has 2 aromatic rings. The molecule has 0 atom stereocenters. The van der Waals surface area contributed by atoms with E-state index in [-0.39, 0.29) is 4.88 Å². The summed E-state index contributed by atoms with van der Waals surface area (Å²) in [6.45, 7) is 2.07. The van der Waals surface area contributed by atoms with E-state index < -0.39 is 5.97 Å². The number of ether oxygens (including phenoxy) is 1. The van der Waals surface area contributed by atoms with Gasteiger partial charge in [0.1, 0.15) is 15.6 Å². The van der Waals surface area contributed by atoms with Crippen molar-refractivity contribution in [3.63, 3.8) is 0 Å². The van der Waals surface area contributed by atoms with Gasteiger partial charge in [-0.3, -0.25) is 0 Å². The Morgan fingerprint density at radius 2 is 2.28 bits per heavy atom. The minimum absolute atomic E-state index is 0.231. The number of thiazole rings is 1. The zero-order chi connectivity index (χ0) is 13.1. The van der Waals surface area contributed by atoms with Crippen LogP contribution < -0.4 is 4.74 Å². The van der Waals surface area contributed by atoms with Crippen molar-refractivity contribution in [2.45, 2.75) is 13.3 Å². The topological polar surface area (TPSA) is 59.4 Å². The molecule has 94 valence electrons. The normalized spacial score (nSPS) is 10.3. The number of methoxy groups -OCH3 is 1. The Bertz CT molecular complexity index is 577. The van der Waals surface area contributed by atoms with Gasteiger partial charge in [0.15, 0.2) is 0 Å². The molecule has 0 saturated carbocycles. The third kappa shape index (κ3) is 2.36. The van der Waals surface area contributed by atoms with E-state index >= 15 is 0 Å². The van der Waals surface area contributed by atoms with Crippen LogP contribution in [0, 0.1) is 0 Å². The first kappa shape index (κ1) is 12.6. The molecule has 0 unspecified atom stereocenters. The Kier molecular flexibility index (Phi) is 3.62. The number of rotatable bonds is 4. The van der Waals surface area contributed by atoms with Gasteiger partial charge in [-0.2, -0.15) is 0 Å². The predicted molar refractivity (Wildman–Crippen MR) is 70.4 cm³/mol. The van der Waals surface area contributed by atoms with Crippen molar-refractivity contribution in [2.24, 2.45) is 0 Å². The first-order chi connectivity index (χ1) is 8.65. The first-order valence-corrected chi connectivity index (χ1v) is 6.33. The van der Waals surface area contributed by atoms with Gasteiger partial charge in [-0.05, 0) is 24.1 Å². The molecule has 0 spiro atoms. The molecule has 1 aromatic heterocycles. The van der Waals surface area contributed by atoms with Crippen LogP contribution in [0.1, 0.15) is 22.2 Å². The summed E-state index contributed by atoms with van der Waals surface area (Å²) in [6, 6.07) is 5.87. The second kappa shape index (κ2) is 5.18. The fourth-order valence-corrected chi connectivity index (χ4v) is 2.42. The van der Waals surface area contributed by atoms with E-state index in [1.54, 1.807) is 7.11 Å². The summed E-state index contributed by atoms with van der Waals surface area (Å²) >= 11 is 1.15. The number of aryl methyl sites for hydroxylation is 1. The summed E-state index contributed by atoms with van der Waals surface area (Å²) < 4.78 is 5.29. The molecule has 0 aliphatic heterocycles. The zero-order valence-electron chi connectivity index (χ0n) is 10.1. The molecule has 0 saturated heterocycles. The molecule has 0 radical (unpaired) electrons. The standard InChI is InChI=1S/C13H13NO3S/c1-3-8-4-5-10(17-2)9(6-8)12-14-7-11(18-12)13(15)16/h4-7H,3H2,1-2H3,(H,15,16). The predicted octanol–water partition coefficient (Wildman–Crippen LogP) is 3.08. The fourth-order valence-electron chi connectivity index (χ4n) is 1.64. The smallest absolute Gasteiger partial charge is 0.347 e. The Hall–Kier alpha value is -1.88. The highest BCUT2D eigenvalue weighted by molar-refractivity contribution is 7.16. The molecular formula is C13H13NO3S. The monoisotopic (exact) mass is 263 g/mol. The highest BCUT2D eigenvalue weighted by atomic mass is 32.1. The lowest BCUT2D eigenvalue weighted by atomic mass is 10.1. The zero-order valence-corrected chi connectivity index (χ0v) is 11.0. The van der Waals surface area contributed by atoms with E-state index in [1.165, 1.54) is 6.20 Å². The highest BCUT2D eigenvalue weighted by Crippen LogP contribution is 2.33. The van der Waals surface area contributed by atoms with Gasteiger partial charge in [-0.1, -0.05) is 13.0 Å². The van der Waals surface area contributed by atoms with Crippen LogP contribution in [-0.2, 0) is 6.42 Å². The summed E-state index contributed by atoms with van der Waals surface area (Å²) in [7, 11) is 1.59. The lowest BCUT2D eigenvalue weighted by molar-refractivity contribution is 0.0702. The summed E-state index contributed by atoms with van der Waals surface area (Å²) in [5.74, 6) is -0.247. The molecule has 1 heterocycles. The van der Waals surface area contributed by atoms with Crippen molar-refractivity contribution < 1.29 is 14.6 Å². The number of benzene rings is 1. The van der Waals surface area contributed by atoms with Gasteiger partial charge >= 0.3 is 5.97 Å². The largest absolute Gasteiger partial charge is 0.496 e. The van der Waals surface area contributed by atoms with Crippen LogP contribution >= 0.6 is 11.3 Å². The Morgan fingerprint density at radius 1 is 1.50 bits per heavy atom. The molecule has 0 fully saturated rings. The summed E-state index contributed by atoms with van der Waals surface area (Å²) in [5, 5.41) is 9.58. The van der Waals surface area contributed by atoms with E-state index in [1.807, 2.05) is 18.2 Å². The van der Waals surface area contributed by atoms with Gasteiger partial charge in [0.2, 0.25) is 0 Å². The van der Waals surface area contributed by atoms with Gasteiger partial charge in [0, 0.05) is 0 Å². The molecule has 0 aliphatic rings. The van der Waals surface area contributed by atoms with E-state index in [2.05, 4.69) is 11.9 Å². The summed E-state index contributed by atoms with van der Waals surface area (Å²) in [5.41, 5.74) is 2.01. The number of hydrogen-bond donors (Lipinski definition) is 1. The number of aromatic nitrogens is 1. The van der Waals surface area contributed by atoms with Gasteiger partial charge in [0.05, 0.1) is 18.9 Å². The first-order valence-electron chi connectivity index (χ1n) is 5.52. The molecule has 4 nitrogen and oxygen atoms in total. The fraction of sp³-hybridized carbons (Fsp3) is 0.231. The van der Waals surface area contributed by atoms with Crippen LogP contribution in [0.15, 0.2) is 24.4 Å². The van der Waals surface area contributed by atoms with E-state index in [0.717, 1.165) is 28.9 Å². The number of nitrogens with zero attached hydrogens (tertiary/aromatic N) is 1. The van der Waals surface area contributed by atoms with Gasteiger partial charge in [-0.15, -0.1) is 11.3 Å². The van der Waals surface area contributed by atoms with Crippen LogP contribution in [0.25, 0.3) is 10.6 Å². The number of aromatic carboxylic acids is 1. The second-order valence-corrected chi connectivity index (χ2v) is 4.75. The maximum Gasteiger partial charge on any atom is 0.347 e. The van der Waals surface area contributed by atoms with Crippen LogP contribution in [-0.4, -0.2) is 23.2 Å². The van der Waals surface area contributed by atoms with Gasteiger partial charge in [0.25, 0.3) is 0 Å². The molecule has 2 rings (SSSR count). The van der Waals surface area contributed by atoms with Crippen molar-refractivity contribution in [1.29, 1.82) is 0 Å². The van der Waals surface area contributed by atoms with Crippen molar-refractivity contribution >= 4 is 17.3 Å². The lowest BCUT2D eigenvalue weighted by Gasteiger charge is -2.07. The highest BCUT2D eigenvalue weighted by Gasteiger charge is 2.14. The molecule has 0 aliphatic carbocycles. The molecule has 0 bridgehead atoms. The van der Waals surface area contributed by atoms with Crippen LogP contribution in [0.4, 0.5) is 0 Å². The minimum atomic E-state index is -0.954. The van der Waals surface area contributed by atoms with Crippen LogP contribution in [0.2, 0.25) is 0 Å². The van der Waals surface area contributed by atoms with Crippen molar-refractivity contribution in [3.8, 4) is 16.3 Å². The number of carboxylic acid groups (broad SMARTS) is 1. The van der Waals surface area contributed by atoms with Crippen molar-refractivity contribution in [1.82, 2.24) is 4.98 Å². The number of carbonyl (C=O) groups is 1. The molecule has 1 N–H and O–H groups in total. The van der Waals surface area contributed by atoms with E-state index in [4.69, 9.17) is 9.84 Å². The minimum Gasteiger partial charge on any atom is -0.496 e. The maximum absolute atomic E-state index is 10.9. The third-order valence-electron chi connectivity index (χ3n) is 2.62. The lowest BCUT2D eigenvalue weighted by Crippen LogP contribution is -1.90. The van der Waals surface area contributed by atoms with Gasteiger partial charge < -0.3 is 9.84 Å². The summed E-state index contributed by atoms with van der Waals surface area (Å²) in [6.07, 6.45) is 2.29. The molecule has 5 heteroatoms. The van der Waals surface area contributed by atoms with Crippen LogP contribution in [0.5, 0.6) is 5.75 Å². The van der Waals surface area contributed by atoms with Gasteiger partial charge in [-0.25, -0.2) is 9.78 Å². The van der Waals surface area contributed by atoms with Crippen molar-refractivity contribution in [2.75, 3.05) is 7.11 Å². The SMILES string of the molecule is CCc1ccc(OC)c(-c2ncc(C(=O)O)s2)c1. The maximum atomic E-state index is 10.9. The third-order valence-corrected chi connectivity index (χ3v) is 3.64.